The fraction of sp³-hybridized carbons (Fsp3) is 0.417. The number of para-hydroxylation sites is 2. The van der Waals surface area contributed by atoms with Gasteiger partial charge in [0.25, 0.3) is 0 Å². The molecule has 16 heavy (non-hydrogen) atoms. The lowest BCUT2D eigenvalue weighted by Gasteiger charge is -2.15. The maximum atomic E-state index is 5.32. The highest BCUT2D eigenvalue weighted by atomic mass is 16.5. The van der Waals surface area contributed by atoms with E-state index in [0.717, 1.165) is 36.7 Å². The molecule has 0 bridgehead atoms. The molecule has 0 amide bonds. The Labute approximate surface area is 95.2 Å². The predicted molar refractivity (Wildman–Crippen MR) is 65.9 cm³/mol. The molecule has 0 aliphatic rings. The summed E-state index contributed by atoms with van der Waals surface area (Å²) in [5.74, 6) is 0.890. The Balaban J connectivity index is 2.07. The summed E-state index contributed by atoms with van der Waals surface area (Å²) in [5, 5.41) is 0. The molecule has 0 unspecified atom stereocenters. The Morgan fingerprint density at radius 2 is 2.19 bits per heavy atom. The summed E-state index contributed by atoms with van der Waals surface area (Å²) in [5.41, 5.74) is 2.07. The number of H-pyrrole nitrogens is 1. The van der Waals surface area contributed by atoms with Crippen LogP contribution in [-0.2, 0) is 4.74 Å². The average Bonchev–Trinajstić information content (AvgIpc) is 2.73. The van der Waals surface area contributed by atoms with E-state index in [4.69, 9.17) is 4.74 Å². The van der Waals surface area contributed by atoms with Gasteiger partial charge in [0.1, 0.15) is 0 Å². The topological polar surface area (TPSA) is 41.1 Å². The molecule has 0 saturated carbocycles. The molecular formula is C12H17N3O. The van der Waals surface area contributed by atoms with Gasteiger partial charge < -0.3 is 14.6 Å². The van der Waals surface area contributed by atoms with Gasteiger partial charge in [-0.15, -0.1) is 0 Å². The van der Waals surface area contributed by atoms with Crippen LogP contribution in [-0.4, -0.2) is 36.8 Å². The van der Waals surface area contributed by atoms with Crippen molar-refractivity contribution in [3.63, 3.8) is 0 Å². The van der Waals surface area contributed by atoms with Gasteiger partial charge in [-0.3, -0.25) is 0 Å². The molecule has 0 atom stereocenters. The Kier molecular flexibility index (Phi) is 3.41. The standard InChI is InChI=1S/C12H17N3O/c1-3-16-9-8-15(2)12-13-10-6-4-5-7-11(10)14-12/h4-7H,3,8-9H2,1-2H3,(H,13,14). The highest BCUT2D eigenvalue weighted by Crippen LogP contribution is 2.15. The molecule has 4 nitrogen and oxygen atoms in total. The van der Waals surface area contributed by atoms with E-state index in [9.17, 15) is 0 Å². The molecule has 1 heterocycles. The molecule has 0 fully saturated rings. The smallest absolute Gasteiger partial charge is 0.203 e. The van der Waals surface area contributed by atoms with E-state index >= 15 is 0 Å². The predicted octanol–water partition coefficient (Wildman–Crippen LogP) is 2.04. The van der Waals surface area contributed by atoms with Crippen molar-refractivity contribution < 1.29 is 4.74 Å². The second-order valence-corrected chi connectivity index (χ2v) is 3.70. The molecule has 0 radical (unpaired) electrons. The molecule has 1 N–H and O–H groups in total. The molecule has 86 valence electrons. The number of aromatic amines is 1. The lowest BCUT2D eigenvalue weighted by atomic mass is 10.3. The quantitative estimate of drug-likeness (QED) is 0.782. The number of aromatic nitrogens is 2. The van der Waals surface area contributed by atoms with Crippen LogP contribution >= 0.6 is 0 Å². The lowest BCUT2D eigenvalue weighted by Crippen LogP contribution is -2.23. The van der Waals surface area contributed by atoms with Gasteiger partial charge in [0.2, 0.25) is 5.95 Å². The van der Waals surface area contributed by atoms with Gasteiger partial charge in [-0.2, -0.15) is 0 Å². The minimum Gasteiger partial charge on any atom is -0.380 e. The first-order chi connectivity index (χ1) is 7.81. The van der Waals surface area contributed by atoms with Crippen molar-refractivity contribution >= 4 is 17.0 Å². The van der Waals surface area contributed by atoms with E-state index in [0.29, 0.717) is 0 Å². The number of benzene rings is 1. The monoisotopic (exact) mass is 219 g/mol. The first-order valence-corrected chi connectivity index (χ1v) is 5.55. The number of hydrogen-bond donors (Lipinski definition) is 1. The fourth-order valence-corrected chi connectivity index (χ4v) is 1.57. The number of imidazole rings is 1. The van der Waals surface area contributed by atoms with E-state index in [1.165, 1.54) is 0 Å². The maximum Gasteiger partial charge on any atom is 0.203 e. The van der Waals surface area contributed by atoms with E-state index in [1.807, 2.05) is 38.2 Å². The van der Waals surface area contributed by atoms with Crippen LogP contribution in [0.5, 0.6) is 0 Å². The third-order valence-electron chi connectivity index (χ3n) is 2.51. The van der Waals surface area contributed by atoms with Crippen LogP contribution in [0.1, 0.15) is 6.92 Å². The normalized spacial score (nSPS) is 10.9. The first kappa shape index (κ1) is 11.0. The second-order valence-electron chi connectivity index (χ2n) is 3.70. The Morgan fingerprint density at radius 3 is 2.94 bits per heavy atom. The molecule has 0 saturated heterocycles. The number of hydrogen-bond acceptors (Lipinski definition) is 3. The van der Waals surface area contributed by atoms with E-state index in [1.54, 1.807) is 0 Å². The molecule has 0 spiro atoms. The number of fused-ring (bicyclic) bond motifs is 1. The number of rotatable bonds is 5. The molecule has 4 heteroatoms. The van der Waals surface area contributed by atoms with Crippen LogP contribution in [0.25, 0.3) is 11.0 Å². The average molecular weight is 219 g/mol. The van der Waals surface area contributed by atoms with Crippen molar-refractivity contribution in [1.82, 2.24) is 9.97 Å². The summed E-state index contributed by atoms with van der Waals surface area (Å²) in [6.45, 7) is 4.33. The van der Waals surface area contributed by atoms with Crippen molar-refractivity contribution in [2.24, 2.45) is 0 Å². The summed E-state index contributed by atoms with van der Waals surface area (Å²) < 4.78 is 5.32. The molecule has 1 aromatic heterocycles. The Morgan fingerprint density at radius 1 is 1.38 bits per heavy atom. The number of anilines is 1. The summed E-state index contributed by atoms with van der Waals surface area (Å²) >= 11 is 0. The minimum absolute atomic E-state index is 0.726. The van der Waals surface area contributed by atoms with Crippen LogP contribution in [0.15, 0.2) is 24.3 Å². The molecular weight excluding hydrogens is 202 g/mol. The van der Waals surface area contributed by atoms with Crippen LogP contribution in [0.2, 0.25) is 0 Å². The van der Waals surface area contributed by atoms with Gasteiger partial charge >= 0.3 is 0 Å². The summed E-state index contributed by atoms with van der Waals surface area (Å²) in [4.78, 5) is 9.85. The highest BCUT2D eigenvalue weighted by Gasteiger charge is 2.06. The number of nitrogens with one attached hydrogen (secondary N) is 1. The minimum atomic E-state index is 0.726. The van der Waals surface area contributed by atoms with Crippen LogP contribution < -0.4 is 4.90 Å². The molecule has 1 aromatic carbocycles. The zero-order valence-corrected chi connectivity index (χ0v) is 9.73. The van der Waals surface area contributed by atoms with Gasteiger partial charge in [0.05, 0.1) is 17.6 Å². The Bertz CT molecular complexity index is 419. The van der Waals surface area contributed by atoms with Gasteiger partial charge in [0.15, 0.2) is 0 Å². The first-order valence-electron chi connectivity index (χ1n) is 5.55. The van der Waals surface area contributed by atoms with E-state index in [2.05, 4.69) is 14.9 Å². The summed E-state index contributed by atoms with van der Waals surface area (Å²) in [6, 6.07) is 8.03. The zero-order chi connectivity index (χ0) is 11.4. The van der Waals surface area contributed by atoms with Crippen LogP contribution in [0.3, 0.4) is 0 Å². The van der Waals surface area contributed by atoms with Crippen molar-refractivity contribution in [3.8, 4) is 0 Å². The third kappa shape index (κ3) is 2.33. The van der Waals surface area contributed by atoms with E-state index < -0.39 is 0 Å². The summed E-state index contributed by atoms with van der Waals surface area (Å²) in [7, 11) is 2.01. The lowest BCUT2D eigenvalue weighted by molar-refractivity contribution is 0.154. The third-order valence-corrected chi connectivity index (χ3v) is 2.51. The molecule has 0 aliphatic heterocycles. The van der Waals surface area contributed by atoms with Gasteiger partial charge in [-0.25, -0.2) is 4.98 Å². The van der Waals surface area contributed by atoms with Crippen LogP contribution in [0, 0.1) is 0 Å². The largest absolute Gasteiger partial charge is 0.380 e. The Hall–Kier alpha value is -1.55. The molecule has 2 rings (SSSR count). The maximum absolute atomic E-state index is 5.32. The van der Waals surface area contributed by atoms with Gasteiger partial charge in [-0.1, -0.05) is 12.1 Å². The molecule has 0 aliphatic carbocycles. The SMILES string of the molecule is CCOCCN(C)c1nc2ccccc2[nH]1. The van der Waals surface area contributed by atoms with Crippen LogP contribution in [0.4, 0.5) is 5.95 Å². The van der Waals surface area contributed by atoms with Gasteiger partial charge in [-0.05, 0) is 19.1 Å². The fourth-order valence-electron chi connectivity index (χ4n) is 1.57. The summed E-state index contributed by atoms with van der Waals surface area (Å²) in [6.07, 6.45) is 0. The van der Waals surface area contributed by atoms with Crippen molar-refractivity contribution in [1.29, 1.82) is 0 Å². The van der Waals surface area contributed by atoms with Crippen molar-refractivity contribution in [2.75, 3.05) is 31.7 Å². The molecule has 2 aromatic rings. The van der Waals surface area contributed by atoms with Crippen molar-refractivity contribution in [2.45, 2.75) is 6.92 Å². The highest BCUT2D eigenvalue weighted by molar-refractivity contribution is 5.77. The second kappa shape index (κ2) is 4.99. The van der Waals surface area contributed by atoms with Gasteiger partial charge in [0, 0.05) is 20.2 Å². The zero-order valence-electron chi connectivity index (χ0n) is 9.73. The van der Waals surface area contributed by atoms with E-state index in [-0.39, 0.29) is 0 Å². The van der Waals surface area contributed by atoms with Crippen molar-refractivity contribution in [3.05, 3.63) is 24.3 Å². The number of likely N-dealkylation sites (N-methyl/N-ethyl adjacent to an activating group) is 1. The number of nitrogens with zero attached hydrogens (tertiary/aromatic N) is 2. The number of ether oxygens (including phenoxy) is 1.